The standard InChI is InChI=1S/C10H22N2O/c1-4-5-6-7-12(3)10(13)8-9(2)11/h9H,4-8,11H2,1-3H3. The molecule has 3 heteroatoms. The zero-order valence-corrected chi connectivity index (χ0v) is 9.05. The maximum atomic E-state index is 11.4. The Labute approximate surface area is 81.3 Å². The minimum absolute atomic E-state index is 0.0267. The van der Waals surface area contributed by atoms with Crippen molar-refractivity contribution in [1.82, 2.24) is 4.90 Å². The molecule has 0 aromatic heterocycles. The smallest absolute Gasteiger partial charge is 0.223 e. The van der Waals surface area contributed by atoms with Gasteiger partial charge in [0.25, 0.3) is 0 Å². The van der Waals surface area contributed by atoms with Crippen molar-refractivity contribution in [3.05, 3.63) is 0 Å². The molecular formula is C10H22N2O. The lowest BCUT2D eigenvalue weighted by Gasteiger charge is -2.17. The molecule has 0 saturated heterocycles. The van der Waals surface area contributed by atoms with Gasteiger partial charge in [0, 0.05) is 26.1 Å². The molecule has 0 bridgehead atoms. The average Bonchev–Trinajstić information content (AvgIpc) is 2.03. The molecule has 0 aromatic carbocycles. The highest BCUT2D eigenvalue weighted by Crippen LogP contribution is 1.99. The fourth-order valence-corrected chi connectivity index (χ4v) is 1.15. The third kappa shape index (κ3) is 6.58. The minimum atomic E-state index is -0.0267. The van der Waals surface area contributed by atoms with Crippen LogP contribution in [0.25, 0.3) is 0 Å². The Morgan fingerprint density at radius 2 is 2.08 bits per heavy atom. The summed E-state index contributed by atoms with van der Waals surface area (Å²) in [5, 5.41) is 0. The van der Waals surface area contributed by atoms with E-state index in [1.54, 1.807) is 4.90 Å². The molecule has 0 aliphatic rings. The summed E-state index contributed by atoms with van der Waals surface area (Å²) in [5.41, 5.74) is 5.54. The highest BCUT2D eigenvalue weighted by atomic mass is 16.2. The van der Waals surface area contributed by atoms with Gasteiger partial charge in [0.1, 0.15) is 0 Å². The van der Waals surface area contributed by atoms with Gasteiger partial charge in [-0.1, -0.05) is 19.8 Å². The van der Waals surface area contributed by atoms with E-state index in [0.29, 0.717) is 6.42 Å². The predicted molar refractivity (Wildman–Crippen MR) is 55.4 cm³/mol. The van der Waals surface area contributed by atoms with Crippen LogP contribution >= 0.6 is 0 Å². The van der Waals surface area contributed by atoms with Crippen molar-refractivity contribution in [2.24, 2.45) is 5.73 Å². The van der Waals surface area contributed by atoms with Crippen molar-refractivity contribution in [3.8, 4) is 0 Å². The van der Waals surface area contributed by atoms with E-state index in [9.17, 15) is 4.79 Å². The molecule has 78 valence electrons. The van der Waals surface area contributed by atoms with E-state index in [0.717, 1.165) is 13.0 Å². The first-order valence-corrected chi connectivity index (χ1v) is 5.07. The summed E-state index contributed by atoms with van der Waals surface area (Å²) in [4.78, 5) is 13.2. The van der Waals surface area contributed by atoms with Crippen LogP contribution in [0, 0.1) is 0 Å². The highest BCUT2D eigenvalue weighted by Gasteiger charge is 2.09. The van der Waals surface area contributed by atoms with E-state index >= 15 is 0 Å². The first kappa shape index (κ1) is 12.4. The van der Waals surface area contributed by atoms with Crippen LogP contribution in [0.2, 0.25) is 0 Å². The molecular weight excluding hydrogens is 164 g/mol. The summed E-state index contributed by atoms with van der Waals surface area (Å²) in [7, 11) is 1.85. The van der Waals surface area contributed by atoms with Gasteiger partial charge in [-0.15, -0.1) is 0 Å². The van der Waals surface area contributed by atoms with Crippen LogP contribution in [0.4, 0.5) is 0 Å². The summed E-state index contributed by atoms with van der Waals surface area (Å²) >= 11 is 0. The Morgan fingerprint density at radius 1 is 1.46 bits per heavy atom. The normalized spacial score (nSPS) is 12.6. The number of amides is 1. The monoisotopic (exact) mass is 186 g/mol. The van der Waals surface area contributed by atoms with Crippen molar-refractivity contribution >= 4 is 5.91 Å². The van der Waals surface area contributed by atoms with E-state index in [1.165, 1.54) is 12.8 Å². The number of nitrogens with zero attached hydrogens (tertiary/aromatic N) is 1. The molecule has 0 spiro atoms. The summed E-state index contributed by atoms with van der Waals surface area (Å²) in [5.74, 6) is 0.158. The molecule has 0 fully saturated rings. The van der Waals surface area contributed by atoms with Crippen LogP contribution in [0.5, 0.6) is 0 Å². The molecule has 0 saturated carbocycles. The maximum Gasteiger partial charge on any atom is 0.223 e. The zero-order chi connectivity index (χ0) is 10.3. The van der Waals surface area contributed by atoms with Gasteiger partial charge in [0.15, 0.2) is 0 Å². The minimum Gasteiger partial charge on any atom is -0.346 e. The van der Waals surface area contributed by atoms with E-state index in [-0.39, 0.29) is 11.9 Å². The number of hydrogen-bond donors (Lipinski definition) is 1. The van der Waals surface area contributed by atoms with E-state index in [1.807, 2.05) is 14.0 Å². The molecule has 1 atom stereocenters. The van der Waals surface area contributed by atoms with Crippen LogP contribution in [-0.2, 0) is 4.79 Å². The van der Waals surface area contributed by atoms with Gasteiger partial charge in [0.2, 0.25) is 5.91 Å². The number of carbonyl (C=O) groups excluding carboxylic acids is 1. The summed E-state index contributed by atoms with van der Waals surface area (Å²) in [6.45, 7) is 4.88. The number of carbonyl (C=O) groups is 1. The lowest BCUT2D eigenvalue weighted by Crippen LogP contribution is -2.32. The molecule has 0 aromatic rings. The largest absolute Gasteiger partial charge is 0.346 e. The van der Waals surface area contributed by atoms with Crippen LogP contribution < -0.4 is 5.73 Å². The quantitative estimate of drug-likeness (QED) is 0.637. The fraction of sp³-hybridized carbons (Fsp3) is 0.900. The summed E-state index contributed by atoms with van der Waals surface area (Å²) < 4.78 is 0. The highest BCUT2D eigenvalue weighted by molar-refractivity contribution is 5.76. The number of rotatable bonds is 6. The van der Waals surface area contributed by atoms with Gasteiger partial charge in [-0.05, 0) is 13.3 Å². The number of unbranched alkanes of at least 4 members (excludes halogenated alkanes) is 2. The Bertz CT molecular complexity index is 146. The Kier molecular flexibility index (Phi) is 6.59. The van der Waals surface area contributed by atoms with Gasteiger partial charge in [0.05, 0.1) is 0 Å². The van der Waals surface area contributed by atoms with Crippen LogP contribution in [-0.4, -0.2) is 30.4 Å². The molecule has 0 rings (SSSR count). The Morgan fingerprint density at radius 3 is 2.54 bits per heavy atom. The Balaban J connectivity index is 3.57. The van der Waals surface area contributed by atoms with Gasteiger partial charge in [-0.2, -0.15) is 0 Å². The molecule has 0 heterocycles. The van der Waals surface area contributed by atoms with E-state index < -0.39 is 0 Å². The second-order valence-corrected chi connectivity index (χ2v) is 3.70. The molecule has 3 nitrogen and oxygen atoms in total. The van der Waals surface area contributed by atoms with Crippen LogP contribution in [0.15, 0.2) is 0 Å². The molecule has 1 unspecified atom stereocenters. The lowest BCUT2D eigenvalue weighted by molar-refractivity contribution is -0.130. The van der Waals surface area contributed by atoms with Crippen LogP contribution in [0.1, 0.15) is 39.5 Å². The van der Waals surface area contributed by atoms with Crippen molar-refractivity contribution in [2.75, 3.05) is 13.6 Å². The van der Waals surface area contributed by atoms with Gasteiger partial charge >= 0.3 is 0 Å². The van der Waals surface area contributed by atoms with Crippen molar-refractivity contribution in [3.63, 3.8) is 0 Å². The van der Waals surface area contributed by atoms with Crippen molar-refractivity contribution in [1.29, 1.82) is 0 Å². The SMILES string of the molecule is CCCCCN(C)C(=O)CC(C)N. The molecule has 13 heavy (non-hydrogen) atoms. The number of hydrogen-bond acceptors (Lipinski definition) is 2. The summed E-state index contributed by atoms with van der Waals surface area (Å²) in [6.07, 6.45) is 3.94. The zero-order valence-electron chi connectivity index (χ0n) is 9.05. The summed E-state index contributed by atoms with van der Waals surface area (Å²) in [6, 6.07) is -0.0267. The topological polar surface area (TPSA) is 46.3 Å². The molecule has 0 aliphatic heterocycles. The fourth-order valence-electron chi connectivity index (χ4n) is 1.15. The van der Waals surface area contributed by atoms with Gasteiger partial charge < -0.3 is 10.6 Å². The lowest BCUT2D eigenvalue weighted by atomic mass is 10.2. The molecule has 1 amide bonds. The first-order valence-electron chi connectivity index (χ1n) is 5.07. The molecule has 0 aliphatic carbocycles. The van der Waals surface area contributed by atoms with E-state index in [4.69, 9.17) is 5.73 Å². The first-order chi connectivity index (χ1) is 6.07. The maximum absolute atomic E-state index is 11.4. The third-order valence-electron chi connectivity index (χ3n) is 2.02. The number of nitrogens with two attached hydrogens (primary N) is 1. The predicted octanol–water partition coefficient (Wildman–Crippen LogP) is 1.37. The Hall–Kier alpha value is -0.570. The van der Waals surface area contributed by atoms with Gasteiger partial charge in [-0.3, -0.25) is 4.79 Å². The average molecular weight is 186 g/mol. The second-order valence-electron chi connectivity index (χ2n) is 3.70. The van der Waals surface area contributed by atoms with Gasteiger partial charge in [-0.25, -0.2) is 0 Å². The third-order valence-corrected chi connectivity index (χ3v) is 2.02. The second kappa shape index (κ2) is 6.89. The van der Waals surface area contributed by atoms with E-state index in [2.05, 4.69) is 6.92 Å². The molecule has 0 radical (unpaired) electrons. The molecule has 2 N–H and O–H groups in total. The van der Waals surface area contributed by atoms with Crippen LogP contribution in [0.3, 0.4) is 0 Å². The van der Waals surface area contributed by atoms with Crippen molar-refractivity contribution < 1.29 is 4.79 Å². The van der Waals surface area contributed by atoms with Crippen molar-refractivity contribution in [2.45, 2.75) is 45.6 Å².